The average Bonchev–Trinajstić information content (AvgIpc) is 2.89. The van der Waals surface area contributed by atoms with Crippen molar-refractivity contribution in [2.75, 3.05) is 27.2 Å². The van der Waals surface area contributed by atoms with Crippen LogP contribution in [-0.2, 0) is 0 Å². The maximum Gasteiger partial charge on any atom is 0.169 e. The van der Waals surface area contributed by atoms with Crippen molar-refractivity contribution < 1.29 is 9.53 Å². The van der Waals surface area contributed by atoms with Crippen LogP contribution in [0.15, 0.2) is 36.4 Å². The molecule has 4 heteroatoms. The van der Waals surface area contributed by atoms with Gasteiger partial charge in [0.1, 0.15) is 12.4 Å². The Morgan fingerprint density at radius 1 is 1.15 bits per heavy atom. The average molecular weight is 289 g/mol. The van der Waals surface area contributed by atoms with E-state index in [1.807, 2.05) is 50.5 Å². The summed E-state index contributed by atoms with van der Waals surface area (Å²) in [5.41, 5.74) is 1.11. The van der Waals surface area contributed by atoms with Crippen molar-refractivity contribution in [3.8, 4) is 16.2 Å². The lowest BCUT2D eigenvalue weighted by Crippen LogP contribution is -2.19. The summed E-state index contributed by atoms with van der Waals surface area (Å²) in [7, 11) is 4.05. The molecular weight excluding hydrogens is 270 g/mol. The number of likely N-dealkylation sites (N-methyl/N-ethyl adjacent to an activating group) is 1. The molecule has 0 bridgehead atoms. The molecule has 0 unspecified atom stereocenters. The Balaban J connectivity index is 2.01. The summed E-state index contributed by atoms with van der Waals surface area (Å²) in [5.74, 6) is 0.990. The SMILES string of the molecule is CC(=O)c1ccc(-c2ccc(OCCN(C)C)cc2)s1. The quantitative estimate of drug-likeness (QED) is 0.762. The highest BCUT2D eigenvalue weighted by Gasteiger charge is 2.06. The Hall–Kier alpha value is -1.65. The van der Waals surface area contributed by atoms with Gasteiger partial charge in [0.2, 0.25) is 0 Å². The molecule has 0 N–H and O–H groups in total. The summed E-state index contributed by atoms with van der Waals surface area (Å²) in [4.78, 5) is 15.3. The molecule has 0 saturated heterocycles. The van der Waals surface area contributed by atoms with Crippen molar-refractivity contribution in [2.45, 2.75) is 6.92 Å². The number of rotatable bonds is 6. The third-order valence-electron chi connectivity index (χ3n) is 2.90. The third-order valence-corrected chi connectivity index (χ3v) is 4.13. The molecule has 0 atom stereocenters. The van der Waals surface area contributed by atoms with E-state index in [1.54, 1.807) is 6.92 Å². The predicted molar refractivity (Wildman–Crippen MR) is 83.8 cm³/mol. The molecule has 106 valence electrons. The van der Waals surface area contributed by atoms with Gasteiger partial charge < -0.3 is 9.64 Å². The number of carbonyl (C=O) groups is 1. The summed E-state index contributed by atoms with van der Waals surface area (Å²) >= 11 is 1.52. The minimum absolute atomic E-state index is 0.116. The van der Waals surface area contributed by atoms with Gasteiger partial charge in [-0.3, -0.25) is 4.79 Å². The largest absolute Gasteiger partial charge is 0.492 e. The van der Waals surface area contributed by atoms with Crippen molar-refractivity contribution in [2.24, 2.45) is 0 Å². The Morgan fingerprint density at radius 3 is 2.40 bits per heavy atom. The molecule has 0 saturated carbocycles. The molecule has 1 heterocycles. The van der Waals surface area contributed by atoms with Gasteiger partial charge in [-0.1, -0.05) is 0 Å². The van der Waals surface area contributed by atoms with Crippen molar-refractivity contribution in [3.63, 3.8) is 0 Å². The van der Waals surface area contributed by atoms with Crippen LogP contribution in [0.25, 0.3) is 10.4 Å². The molecule has 0 aliphatic rings. The van der Waals surface area contributed by atoms with Crippen LogP contribution in [0.1, 0.15) is 16.6 Å². The first-order valence-electron chi connectivity index (χ1n) is 6.55. The lowest BCUT2D eigenvalue weighted by Gasteiger charge is -2.11. The summed E-state index contributed by atoms with van der Waals surface area (Å²) < 4.78 is 5.66. The van der Waals surface area contributed by atoms with Gasteiger partial charge in [0.25, 0.3) is 0 Å². The highest BCUT2D eigenvalue weighted by atomic mass is 32.1. The van der Waals surface area contributed by atoms with Crippen molar-refractivity contribution in [1.29, 1.82) is 0 Å². The first-order valence-corrected chi connectivity index (χ1v) is 7.36. The number of nitrogens with zero attached hydrogens (tertiary/aromatic N) is 1. The van der Waals surface area contributed by atoms with E-state index in [0.717, 1.165) is 27.6 Å². The minimum atomic E-state index is 0.116. The van der Waals surface area contributed by atoms with Crippen molar-refractivity contribution in [3.05, 3.63) is 41.3 Å². The fourth-order valence-electron chi connectivity index (χ4n) is 1.74. The molecule has 2 aromatic rings. The van der Waals surface area contributed by atoms with Crippen LogP contribution < -0.4 is 4.74 Å². The van der Waals surface area contributed by atoms with Gasteiger partial charge in [0.05, 0.1) is 4.88 Å². The maximum absolute atomic E-state index is 11.3. The number of thiophene rings is 1. The zero-order valence-corrected chi connectivity index (χ0v) is 12.9. The van der Waals surface area contributed by atoms with Crippen LogP contribution in [0.2, 0.25) is 0 Å². The molecule has 0 fully saturated rings. The molecule has 1 aromatic heterocycles. The van der Waals surface area contributed by atoms with Crippen LogP contribution in [0.3, 0.4) is 0 Å². The topological polar surface area (TPSA) is 29.5 Å². The Bertz CT molecular complexity index is 572. The van der Waals surface area contributed by atoms with E-state index in [9.17, 15) is 4.79 Å². The van der Waals surface area contributed by atoms with E-state index in [1.165, 1.54) is 11.3 Å². The number of hydrogen-bond donors (Lipinski definition) is 0. The highest BCUT2D eigenvalue weighted by Crippen LogP contribution is 2.29. The molecule has 0 aliphatic heterocycles. The molecule has 0 radical (unpaired) electrons. The smallest absolute Gasteiger partial charge is 0.169 e. The summed E-state index contributed by atoms with van der Waals surface area (Å²) in [5, 5.41) is 0. The van der Waals surface area contributed by atoms with E-state index in [4.69, 9.17) is 4.74 Å². The molecule has 0 spiro atoms. The first-order chi connectivity index (χ1) is 9.56. The van der Waals surface area contributed by atoms with E-state index in [-0.39, 0.29) is 5.78 Å². The second-order valence-electron chi connectivity index (χ2n) is 4.90. The Morgan fingerprint density at radius 2 is 1.85 bits per heavy atom. The summed E-state index contributed by atoms with van der Waals surface area (Å²) in [6.07, 6.45) is 0. The van der Waals surface area contributed by atoms with E-state index in [2.05, 4.69) is 4.90 Å². The molecule has 1 aromatic carbocycles. The van der Waals surface area contributed by atoms with E-state index >= 15 is 0 Å². The lowest BCUT2D eigenvalue weighted by molar-refractivity contribution is 0.102. The first kappa shape index (κ1) is 14.8. The molecule has 0 aliphatic carbocycles. The summed E-state index contributed by atoms with van der Waals surface area (Å²) in [6, 6.07) is 11.9. The number of benzene rings is 1. The van der Waals surface area contributed by atoms with Gasteiger partial charge in [-0.2, -0.15) is 0 Å². The molecule has 0 amide bonds. The van der Waals surface area contributed by atoms with E-state index < -0.39 is 0 Å². The Kier molecular flexibility index (Phi) is 4.93. The fraction of sp³-hybridized carbons (Fsp3) is 0.312. The zero-order valence-electron chi connectivity index (χ0n) is 12.1. The Labute approximate surface area is 123 Å². The number of hydrogen-bond acceptors (Lipinski definition) is 4. The van der Waals surface area contributed by atoms with Crippen LogP contribution in [-0.4, -0.2) is 37.9 Å². The number of Topliss-reactive ketones (excluding diaryl/α,β-unsaturated/α-hetero) is 1. The van der Waals surface area contributed by atoms with Gasteiger partial charge in [-0.05, 0) is 63.0 Å². The standard InChI is InChI=1S/C16H19NO2S/c1-12(18)15-8-9-16(20-15)13-4-6-14(7-5-13)19-11-10-17(2)3/h4-9H,10-11H2,1-3H3. The van der Waals surface area contributed by atoms with Gasteiger partial charge in [0.15, 0.2) is 5.78 Å². The van der Waals surface area contributed by atoms with Gasteiger partial charge in [0, 0.05) is 11.4 Å². The maximum atomic E-state index is 11.3. The number of ether oxygens (including phenoxy) is 1. The molecular formula is C16H19NO2S. The van der Waals surface area contributed by atoms with Gasteiger partial charge >= 0.3 is 0 Å². The second-order valence-corrected chi connectivity index (χ2v) is 5.98. The second kappa shape index (κ2) is 6.68. The predicted octanol–water partition coefficient (Wildman–Crippen LogP) is 3.56. The van der Waals surface area contributed by atoms with Crippen LogP contribution in [0.5, 0.6) is 5.75 Å². The molecule has 20 heavy (non-hydrogen) atoms. The fourth-order valence-corrected chi connectivity index (χ4v) is 2.65. The number of carbonyl (C=O) groups excluding carboxylic acids is 1. The van der Waals surface area contributed by atoms with Gasteiger partial charge in [-0.25, -0.2) is 0 Å². The zero-order chi connectivity index (χ0) is 14.5. The minimum Gasteiger partial charge on any atom is -0.492 e. The van der Waals surface area contributed by atoms with Gasteiger partial charge in [-0.15, -0.1) is 11.3 Å². The monoisotopic (exact) mass is 289 g/mol. The number of ketones is 1. The van der Waals surface area contributed by atoms with Crippen LogP contribution >= 0.6 is 11.3 Å². The normalized spacial score (nSPS) is 10.8. The third kappa shape index (κ3) is 3.92. The lowest BCUT2D eigenvalue weighted by atomic mass is 10.2. The highest BCUT2D eigenvalue weighted by molar-refractivity contribution is 7.17. The molecule has 3 nitrogen and oxygen atoms in total. The van der Waals surface area contributed by atoms with Crippen LogP contribution in [0, 0.1) is 0 Å². The van der Waals surface area contributed by atoms with E-state index in [0.29, 0.717) is 6.61 Å². The van der Waals surface area contributed by atoms with Crippen LogP contribution in [0.4, 0.5) is 0 Å². The molecule has 2 rings (SSSR count). The van der Waals surface area contributed by atoms with Crippen molar-refractivity contribution in [1.82, 2.24) is 4.90 Å². The summed E-state index contributed by atoms with van der Waals surface area (Å²) in [6.45, 7) is 3.17. The van der Waals surface area contributed by atoms with Crippen molar-refractivity contribution >= 4 is 17.1 Å².